The van der Waals surface area contributed by atoms with Gasteiger partial charge < -0.3 is 10.0 Å². The van der Waals surface area contributed by atoms with Crippen LogP contribution in [0.25, 0.3) is 5.69 Å². The van der Waals surface area contributed by atoms with E-state index in [1.807, 2.05) is 0 Å². The van der Waals surface area contributed by atoms with E-state index in [0.29, 0.717) is 0 Å². The Hall–Kier alpha value is -2.55. The number of anilines is 1. The van der Waals surface area contributed by atoms with Crippen LogP contribution >= 0.6 is 0 Å². The van der Waals surface area contributed by atoms with Crippen molar-refractivity contribution in [2.45, 2.75) is 19.2 Å². The summed E-state index contributed by atoms with van der Waals surface area (Å²) in [4.78, 5) is 13.2. The Balaban J connectivity index is 2.12. The first-order valence-corrected chi connectivity index (χ1v) is 7.10. The number of aliphatic hydroxyl groups excluding tert-OH is 1. The average Bonchev–Trinajstić information content (AvgIpc) is 2.94. The first kappa shape index (κ1) is 17.8. The SMILES string of the molecule is C[C@H](O)CN(C)C(=O)Nc1ccn(-c2cccc(C(F)(F)F)c2)n1. The summed E-state index contributed by atoms with van der Waals surface area (Å²) in [6.45, 7) is 1.69. The second kappa shape index (κ2) is 6.91. The van der Waals surface area contributed by atoms with Crippen molar-refractivity contribution in [1.29, 1.82) is 0 Å². The molecule has 24 heavy (non-hydrogen) atoms. The van der Waals surface area contributed by atoms with Crippen LogP contribution < -0.4 is 5.32 Å². The third-order valence-corrected chi connectivity index (χ3v) is 3.15. The molecule has 0 radical (unpaired) electrons. The molecular weight excluding hydrogens is 325 g/mol. The number of hydrogen-bond acceptors (Lipinski definition) is 3. The molecule has 2 amide bonds. The van der Waals surface area contributed by atoms with Gasteiger partial charge in [0.2, 0.25) is 0 Å². The number of aliphatic hydroxyl groups is 1. The molecule has 1 heterocycles. The summed E-state index contributed by atoms with van der Waals surface area (Å²) >= 11 is 0. The summed E-state index contributed by atoms with van der Waals surface area (Å²) in [7, 11) is 1.51. The smallest absolute Gasteiger partial charge is 0.392 e. The highest BCUT2D eigenvalue weighted by atomic mass is 19.4. The van der Waals surface area contributed by atoms with Gasteiger partial charge in [-0.25, -0.2) is 9.48 Å². The fourth-order valence-corrected chi connectivity index (χ4v) is 2.04. The van der Waals surface area contributed by atoms with E-state index in [0.717, 1.165) is 12.1 Å². The maximum absolute atomic E-state index is 12.7. The molecule has 2 aromatic rings. The van der Waals surface area contributed by atoms with Gasteiger partial charge in [0.05, 0.1) is 17.4 Å². The van der Waals surface area contributed by atoms with Crippen molar-refractivity contribution in [3.05, 3.63) is 42.1 Å². The van der Waals surface area contributed by atoms with Gasteiger partial charge in [-0.2, -0.15) is 13.2 Å². The lowest BCUT2D eigenvalue weighted by Crippen LogP contribution is -2.36. The number of urea groups is 1. The van der Waals surface area contributed by atoms with Crippen LogP contribution in [0.4, 0.5) is 23.8 Å². The third kappa shape index (κ3) is 4.48. The Bertz CT molecular complexity index is 713. The monoisotopic (exact) mass is 342 g/mol. The third-order valence-electron chi connectivity index (χ3n) is 3.15. The number of aromatic nitrogens is 2. The van der Waals surface area contributed by atoms with Crippen molar-refractivity contribution < 1.29 is 23.1 Å². The molecule has 1 aromatic carbocycles. The van der Waals surface area contributed by atoms with E-state index >= 15 is 0 Å². The number of alkyl halides is 3. The Morgan fingerprint density at radius 2 is 2.12 bits per heavy atom. The van der Waals surface area contributed by atoms with E-state index in [4.69, 9.17) is 0 Å². The Kier molecular flexibility index (Phi) is 5.13. The Morgan fingerprint density at radius 3 is 2.75 bits per heavy atom. The normalized spacial score (nSPS) is 12.8. The van der Waals surface area contributed by atoms with E-state index in [-0.39, 0.29) is 18.1 Å². The number of nitrogens with zero attached hydrogens (tertiary/aromatic N) is 3. The van der Waals surface area contributed by atoms with E-state index in [2.05, 4.69) is 10.4 Å². The van der Waals surface area contributed by atoms with Crippen molar-refractivity contribution in [1.82, 2.24) is 14.7 Å². The largest absolute Gasteiger partial charge is 0.416 e. The molecule has 0 aliphatic heterocycles. The van der Waals surface area contributed by atoms with Crippen molar-refractivity contribution in [3.63, 3.8) is 0 Å². The lowest BCUT2D eigenvalue weighted by atomic mass is 10.2. The molecule has 0 unspecified atom stereocenters. The highest BCUT2D eigenvalue weighted by molar-refractivity contribution is 5.88. The summed E-state index contributed by atoms with van der Waals surface area (Å²) in [6, 6.07) is 5.69. The molecule has 2 rings (SSSR count). The molecule has 2 N–H and O–H groups in total. The topological polar surface area (TPSA) is 70.4 Å². The number of halogens is 3. The van der Waals surface area contributed by atoms with Crippen molar-refractivity contribution >= 4 is 11.8 Å². The molecule has 130 valence electrons. The van der Waals surface area contributed by atoms with Gasteiger partial charge in [-0.3, -0.25) is 5.32 Å². The van der Waals surface area contributed by atoms with Gasteiger partial charge in [-0.15, -0.1) is 5.10 Å². The number of rotatable bonds is 4. The van der Waals surface area contributed by atoms with Crippen molar-refractivity contribution in [2.24, 2.45) is 0 Å². The summed E-state index contributed by atoms with van der Waals surface area (Å²) in [5, 5.41) is 15.8. The number of amides is 2. The molecule has 0 aliphatic carbocycles. The standard InChI is InChI=1S/C15H17F3N4O2/c1-10(23)9-21(2)14(24)19-13-6-7-22(20-13)12-5-3-4-11(8-12)15(16,17)18/h3-8,10,23H,9H2,1-2H3,(H,19,20,24)/t10-/m0/s1. The quantitative estimate of drug-likeness (QED) is 0.898. The highest BCUT2D eigenvalue weighted by Gasteiger charge is 2.30. The van der Waals surface area contributed by atoms with Crippen molar-refractivity contribution in [3.8, 4) is 5.69 Å². The predicted octanol–water partition coefficient (Wildman–Crippen LogP) is 2.74. The van der Waals surface area contributed by atoms with Gasteiger partial charge in [0.25, 0.3) is 0 Å². The summed E-state index contributed by atoms with van der Waals surface area (Å²) in [5.41, 5.74) is -0.555. The van der Waals surface area contributed by atoms with E-state index in [1.54, 1.807) is 6.92 Å². The van der Waals surface area contributed by atoms with Gasteiger partial charge in [0.1, 0.15) is 0 Å². The van der Waals surface area contributed by atoms with Crippen molar-refractivity contribution in [2.75, 3.05) is 18.9 Å². The molecule has 1 atom stereocenters. The van der Waals surface area contributed by atoms with Crippen LogP contribution in [0.5, 0.6) is 0 Å². The molecule has 9 heteroatoms. The fourth-order valence-electron chi connectivity index (χ4n) is 2.04. The first-order valence-electron chi connectivity index (χ1n) is 7.10. The summed E-state index contributed by atoms with van der Waals surface area (Å²) in [6.07, 6.45) is -3.67. The molecule has 0 saturated carbocycles. The van der Waals surface area contributed by atoms with Crippen LogP contribution in [0.3, 0.4) is 0 Å². The van der Waals surface area contributed by atoms with Crippen LogP contribution in [0.1, 0.15) is 12.5 Å². The Labute approximate surface area is 136 Å². The zero-order valence-electron chi connectivity index (χ0n) is 13.1. The maximum Gasteiger partial charge on any atom is 0.416 e. The number of benzene rings is 1. The number of hydrogen-bond donors (Lipinski definition) is 2. The molecular formula is C15H17F3N4O2. The lowest BCUT2D eigenvalue weighted by Gasteiger charge is -2.18. The summed E-state index contributed by atoms with van der Waals surface area (Å²) in [5.74, 6) is 0.190. The Morgan fingerprint density at radius 1 is 1.42 bits per heavy atom. The van der Waals surface area contributed by atoms with Crippen LogP contribution in [0, 0.1) is 0 Å². The first-order chi connectivity index (χ1) is 11.2. The maximum atomic E-state index is 12.7. The zero-order chi connectivity index (χ0) is 17.9. The summed E-state index contributed by atoms with van der Waals surface area (Å²) < 4.78 is 39.5. The van der Waals surface area contributed by atoms with Gasteiger partial charge in [0.15, 0.2) is 5.82 Å². The predicted molar refractivity (Wildman–Crippen MR) is 81.9 cm³/mol. The van der Waals surface area contributed by atoms with E-state index in [1.165, 1.54) is 41.0 Å². The van der Waals surface area contributed by atoms with Gasteiger partial charge in [-0.05, 0) is 25.1 Å². The molecule has 0 aliphatic rings. The van der Waals surface area contributed by atoms with Gasteiger partial charge >= 0.3 is 12.2 Å². The van der Waals surface area contributed by atoms with E-state index in [9.17, 15) is 23.1 Å². The van der Waals surface area contributed by atoms with Crippen LogP contribution in [0.15, 0.2) is 36.5 Å². The molecule has 0 fully saturated rings. The van der Waals surface area contributed by atoms with Crippen LogP contribution in [-0.2, 0) is 6.18 Å². The van der Waals surface area contributed by atoms with Gasteiger partial charge in [-0.1, -0.05) is 6.07 Å². The van der Waals surface area contributed by atoms with Gasteiger partial charge in [0, 0.05) is 25.9 Å². The minimum Gasteiger partial charge on any atom is -0.392 e. The molecule has 0 spiro atoms. The number of carbonyl (C=O) groups is 1. The molecule has 0 bridgehead atoms. The van der Waals surface area contributed by atoms with E-state index < -0.39 is 23.9 Å². The highest BCUT2D eigenvalue weighted by Crippen LogP contribution is 2.30. The van der Waals surface area contributed by atoms with Crippen LogP contribution in [0.2, 0.25) is 0 Å². The number of likely N-dealkylation sites (N-methyl/N-ethyl adjacent to an activating group) is 1. The fraction of sp³-hybridized carbons (Fsp3) is 0.333. The second-order valence-electron chi connectivity index (χ2n) is 5.35. The lowest BCUT2D eigenvalue weighted by molar-refractivity contribution is -0.137. The second-order valence-corrected chi connectivity index (χ2v) is 5.35. The zero-order valence-corrected chi connectivity index (χ0v) is 13.1. The molecule has 0 saturated heterocycles. The van der Waals surface area contributed by atoms with Crippen LogP contribution in [-0.4, -0.2) is 45.5 Å². The minimum absolute atomic E-state index is 0.139. The molecule has 6 nitrogen and oxygen atoms in total. The number of carbonyl (C=O) groups excluding carboxylic acids is 1. The minimum atomic E-state index is -4.44. The average molecular weight is 342 g/mol. The molecule has 1 aromatic heterocycles. The number of nitrogens with one attached hydrogen (secondary N) is 1.